The van der Waals surface area contributed by atoms with Crippen LogP contribution in [0.25, 0.3) is 0 Å². The molecule has 0 aliphatic carbocycles. The Morgan fingerprint density at radius 1 is 0.750 bits per heavy atom. The lowest BCUT2D eigenvalue weighted by Crippen LogP contribution is -2.40. The van der Waals surface area contributed by atoms with Crippen LogP contribution >= 0.6 is 0 Å². The zero-order valence-corrected chi connectivity index (χ0v) is 14.6. The van der Waals surface area contributed by atoms with Crippen molar-refractivity contribution in [1.29, 1.82) is 0 Å². The summed E-state index contributed by atoms with van der Waals surface area (Å²) >= 11 is 0. The molecule has 0 saturated heterocycles. The Bertz CT molecular complexity index is 431. The molecular formula is C14H26N2O8. The molecule has 0 spiro atoms. The van der Waals surface area contributed by atoms with E-state index >= 15 is 0 Å². The molecule has 0 saturated carbocycles. The second-order valence-corrected chi connectivity index (χ2v) is 6.39. The van der Waals surface area contributed by atoms with Gasteiger partial charge in [0.25, 0.3) is 0 Å². The SMILES string of the molecule is CC(O)C(O)OC(=O)C(C)(C)N=NC(C)(C)C(=O)OC(O)C(C)O. The Labute approximate surface area is 140 Å². The van der Waals surface area contributed by atoms with Crippen molar-refractivity contribution in [1.82, 2.24) is 0 Å². The summed E-state index contributed by atoms with van der Waals surface area (Å²) < 4.78 is 9.24. The number of esters is 2. The molecule has 140 valence electrons. The molecule has 0 heterocycles. The first-order valence-corrected chi connectivity index (χ1v) is 7.29. The van der Waals surface area contributed by atoms with Crippen LogP contribution in [0.3, 0.4) is 0 Å². The van der Waals surface area contributed by atoms with Gasteiger partial charge in [-0.1, -0.05) is 0 Å². The zero-order valence-electron chi connectivity index (χ0n) is 14.6. The maximum Gasteiger partial charge on any atom is 0.337 e. The highest BCUT2D eigenvalue weighted by molar-refractivity contribution is 5.81. The van der Waals surface area contributed by atoms with E-state index in [1.165, 1.54) is 41.5 Å². The predicted octanol–water partition coefficient (Wildman–Crippen LogP) is -0.519. The number of rotatable bonds is 8. The van der Waals surface area contributed by atoms with E-state index in [0.717, 1.165) is 0 Å². The third-order valence-electron chi connectivity index (χ3n) is 2.83. The fourth-order valence-corrected chi connectivity index (χ4v) is 1.04. The fraction of sp³-hybridized carbons (Fsp3) is 0.857. The second-order valence-electron chi connectivity index (χ2n) is 6.39. The molecule has 24 heavy (non-hydrogen) atoms. The predicted molar refractivity (Wildman–Crippen MR) is 80.6 cm³/mol. The summed E-state index contributed by atoms with van der Waals surface area (Å²) in [7, 11) is 0. The van der Waals surface area contributed by atoms with Crippen LogP contribution in [-0.4, -0.2) is 68.2 Å². The fourth-order valence-electron chi connectivity index (χ4n) is 1.04. The van der Waals surface area contributed by atoms with Crippen molar-refractivity contribution in [2.75, 3.05) is 0 Å². The van der Waals surface area contributed by atoms with Crippen molar-refractivity contribution in [3.05, 3.63) is 0 Å². The molecular weight excluding hydrogens is 324 g/mol. The van der Waals surface area contributed by atoms with Crippen LogP contribution in [0.1, 0.15) is 41.5 Å². The summed E-state index contributed by atoms with van der Waals surface area (Å²) in [5.74, 6) is -1.93. The van der Waals surface area contributed by atoms with E-state index in [0.29, 0.717) is 0 Å². The number of carbonyl (C=O) groups excluding carboxylic acids is 2. The molecule has 0 aliphatic heterocycles. The van der Waals surface area contributed by atoms with Crippen molar-refractivity contribution in [3.63, 3.8) is 0 Å². The molecule has 0 aromatic carbocycles. The molecule has 0 aromatic heterocycles. The van der Waals surface area contributed by atoms with E-state index in [1.54, 1.807) is 0 Å². The van der Waals surface area contributed by atoms with Gasteiger partial charge in [0, 0.05) is 0 Å². The summed E-state index contributed by atoms with van der Waals surface area (Å²) in [6, 6.07) is 0. The summed E-state index contributed by atoms with van der Waals surface area (Å²) in [6.45, 7) is 7.80. The van der Waals surface area contributed by atoms with Gasteiger partial charge in [-0.25, -0.2) is 9.59 Å². The van der Waals surface area contributed by atoms with E-state index in [-0.39, 0.29) is 0 Å². The maximum atomic E-state index is 11.9. The summed E-state index contributed by atoms with van der Waals surface area (Å²) in [5, 5.41) is 44.3. The van der Waals surface area contributed by atoms with Gasteiger partial charge in [-0.05, 0) is 41.5 Å². The van der Waals surface area contributed by atoms with Gasteiger partial charge in [0.15, 0.2) is 11.1 Å². The third kappa shape index (κ3) is 6.87. The minimum Gasteiger partial charge on any atom is -0.431 e. The number of aliphatic hydroxyl groups excluding tert-OH is 4. The van der Waals surface area contributed by atoms with Gasteiger partial charge >= 0.3 is 11.9 Å². The standard InChI is InChI=1S/C14H26N2O8/c1-7(17)9(19)23-11(21)13(3,4)15-16-14(5,6)12(22)24-10(20)8(2)18/h7-10,17-20H,1-6H3. The lowest BCUT2D eigenvalue weighted by Gasteiger charge is -2.24. The van der Waals surface area contributed by atoms with Crippen molar-refractivity contribution in [3.8, 4) is 0 Å². The molecule has 0 bridgehead atoms. The highest BCUT2D eigenvalue weighted by Crippen LogP contribution is 2.20. The Hall–Kier alpha value is -1.62. The summed E-state index contributed by atoms with van der Waals surface area (Å²) in [6.07, 6.45) is -6.00. The quantitative estimate of drug-likeness (QED) is 0.258. The monoisotopic (exact) mass is 350 g/mol. The van der Waals surface area contributed by atoms with Gasteiger partial charge in [-0.2, -0.15) is 10.2 Å². The van der Waals surface area contributed by atoms with Gasteiger partial charge in [0.05, 0.1) is 0 Å². The number of azo groups is 1. The maximum absolute atomic E-state index is 11.9. The van der Waals surface area contributed by atoms with E-state index < -0.39 is 47.8 Å². The Morgan fingerprint density at radius 3 is 1.21 bits per heavy atom. The molecule has 4 unspecified atom stereocenters. The minimum atomic E-state index is -1.72. The van der Waals surface area contributed by atoms with Crippen molar-refractivity contribution in [2.45, 2.75) is 77.4 Å². The van der Waals surface area contributed by atoms with E-state index in [9.17, 15) is 19.8 Å². The number of carbonyl (C=O) groups is 2. The molecule has 0 aromatic rings. The topological polar surface area (TPSA) is 158 Å². The Balaban J connectivity index is 4.99. The molecule has 0 radical (unpaired) electrons. The van der Waals surface area contributed by atoms with Crippen LogP contribution < -0.4 is 0 Å². The number of aliphatic hydroxyl groups is 4. The van der Waals surface area contributed by atoms with E-state index in [4.69, 9.17) is 10.2 Å². The highest BCUT2D eigenvalue weighted by atomic mass is 16.7. The number of nitrogens with zero attached hydrogens (tertiary/aromatic N) is 2. The highest BCUT2D eigenvalue weighted by Gasteiger charge is 2.36. The molecule has 4 atom stereocenters. The van der Waals surface area contributed by atoms with Gasteiger partial charge in [-0.15, -0.1) is 0 Å². The third-order valence-corrected chi connectivity index (χ3v) is 2.83. The van der Waals surface area contributed by atoms with Gasteiger partial charge < -0.3 is 29.9 Å². The molecule has 0 fully saturated rings. The lowest BCUT2D eigenvalue weighted by atomic mass is 10.1. The van der Waals surface area contributed by atoms with E-state index in [1.807, 2.05) is 0 Å². The average Bonchev–Trinajstić information content (AvgIpc) is 2.44. The van der Waals surface area contributed by atoms with Gasteiger partial charge in [0.2, 0.25) is 12.6 Å². The van der Waals surface area contributed by atoms with Crippen LogP contribution in [-0.2, 0) is 19.1 Å². The van der Waals surface area contributed by atoms with Crippen LogP contribution in [0.2, 0.25) is 0 Å². The minimum absolute atomic E-state index is 0.965. The first-order chi connectivity index (χ1) is 10.7. The molecule has 10 heteroatoms. The zero-order chi connectivity index (χ0) is 19.3. The van der Waals surface area contributed by atoms with Crippen LogP contribution in [0.5, 0.6) is 0 Å². The molecule has 0 amide bonds. The number of hydrogen-bond donors (Lipinski definition) is 4. The molecule has 4 N–H and O–H groups in total. The Morgan fingerprint density at radius 2 is 1.00 bits per heavy atom. The number of ether oxygens (including phenoxy) is 2. The van der Waals surface area contributed by atoms with Crippen LogP contribution in [0.15, 0.2) is 10.2 Å². The molecule has 0 rings (SSSR count). The lowest BCUT2D eigenvalue weighted by molar-refractivity contribution is -0.191. The van der Waals surface area contributed by atoms with Gasteiger partial charge in [0.1, 0.15) is 12.2 Å². The van der Waals surface area contributed by atoms with Crippen LogP contribution in [0.4, 0.5) is 0 Å². The average molecular weight is 350 g/mol. The first-order valence-electron chi connectivity index (χ1n) is 7.29. The summed E-state index contributed by atoms with van der Waals surface area (Å²) in [5.41, 5.74) is -3.09. The van der Waals surface area contributed by atoms with Crippen molar-refractivity contribution >= 4 is 11.9 Å². The largest absolute Gasteiger partial charge is 0.431 e. The molecule has 0 aliphatic rings. The van der Waals surface area contributed by atoms with Crippen molar-refractivity contribution in [2.24, 2.45) is 10.2 Å². The summed E-state index contributed by atoms with van der Waals surface area (Å²) in [4.78, 5) is 23.8. The smallest absolute Gasteiger partial charge is 0.337 e. The van der Waals surface area contributed by atoms with Crippen molar-refractivity contribution < 1.29 is 39.5 Å². The first kappa shape index (κ1) is 22.4. The second kappa shape index (κ2) is 8.47. The molecule has 10 nitrogen and oxygen atoms in total. The normalized spacial score (nSPS) is 17.9. The van der Waals surface area contributed by atoms with Gasteiger partial charge in [-0.3, -0.25) is 0 Å². The van der Waals surface area contributed by atoms with E-state index in [2.05, 4.69) is 19.7 Å². The number of hydrogen-bond acceptors (Lipinski definition) is 10. The van der Waals surface area contributed by atoms with Crippen LogP contribution in [0, 0.1) is 0 Å². The Kier molecular flexibility index (Phi) is 7.90.